The maximum absolute atomic E-state index is 12.9. The van der Waals surface area contributed by atoms with Crippen molar-refractivity contribution in [3.05, 3.63) is 100 Å². The van der Waals surface area contributed by atoms with E-state index in [1.807, 2.05) is 6.07 Å². The fourth-order valence-electron chi connectivity index (χ4n) is 3.31. The van der Waals surface area contributed by atoms with Crippen LogP contribution >= 0.6 is 0 Å². The second-order valence-electron chi connectivity index (χ2n) is 7.53. The van der Waals surface area contributed by atoms with E-state index in [2.05, 4.69) is 15.8 Å². The van der Waals surface area contributed by atoms with Crippen LogP contribution in [0.4, 0.5) is 5.69 Å². The third kappa shape index (κ3) is 5.14. The van der Waals surface area contributed by atoms with E-state index in [-0.39, 0.29) is 17.2 Å². The molecule has 0 aliphatic carbocycles. The summed E-state index contributed by atoms with van der Waals surface area (Å²) in [5.41, 5.74) is 3.18. The zero-order chi connectivity index (χ0) is 25.7. The monoisotopic (exact) mass is 487 g/mol. The highest BCUT2D eigenvalue weighted by Crippen LogP contribution is 2.15. The molecule has 2 heterocycles. The highest BCUT2D eigenvalue weighted by molar-refractivity contribution is 6.39. The van der Waals surface area contributed by atoms with Gasteiger partial charge >= 0.3 is 17.8 Å². The predicted octanol–water partition coefficient (Wildman–Crippen LogP) is 2.39. The van der Waals surface area contributed by atoms with Crippen molar-refractivity contribution in [1.29, 1.82) is 0 Å². The summed E-state index contributed by atoms with van der Waals surface area (Å²) in [6.45, 7) is 1.65. The van der Waals surface area contributed by atoms with Gasteiger partial charge in [-0.25, -0.2) is 14.9 Å². The van der Waals surface area contributed by atoms with Gasteiger partial charge in [-0.1, -0.05) is 30.3 Å². The van der Waals surface area contributed by atoms with Crippen LogP contribution in [-0.2, 0) is 16.6 Å². The minimum Gasteiger partial charge on any atom is -0.457 e. The fourth-order valence-corrected chi connectivity index (χ4v) is 3.31. The van der Waals surface area contributed by atoms with Crippen LogP contribution in [0, 0.1) is 6.92 Å². The Morgan fingerprint density at radius 1 is 1.00 bits per heavy atom. The van der Waals surface area contributed by atoms with Crippen LogP contribution in [0.2, 0.25) is 0 Å². The molecule has 0 unspecified atom stereocenters. The Morgan fingerprint density at radius 3 is 2.50 bits per heavy atom. The SMILES string of the molecule is Cc1c(NC(=O)C(=O)NN=Cc2cccc(OC(=O)c3ccco3)c2)c(=O)n(-c2ccccc2)n1C. The number of amides is 2. The van der Waals surface area contributed by atoms with Crippen LogP contribution in [0.1, 0.15) is 21.8 Å². The zero-order valence-corrected chi connectivity index (χ0v) is 19.3. The Morgan fingerprint density at radius 2 is 1.78 bits per heavy atom. The number of carbonyl (C=O) groups is 3. The molecule has 0 saturated carbocycles. The lowest BCUT2D eigenvalue weighted by atomic mass is 10.2. The number of hydrogen-bond donors (Lipinski definition) is 2. The van der Waals surface area contributed by atoms with Gasteiger partial charge in [-0.15, -0.1) is 0 Å². The third-order valence-electron chi connectivity index (χ3n) is 5.17. The van der Waals surface area contributed by atoms with Gasteiger partial charge in [-0.05, 0) is 48.9 Å². The maximum Gasteiger partial charge on any atom is 0.379 e. The predicted molar refractivity (Wildman–Crippen MR) is 130 cm³/mol. The molecule has 0 aliphatic heterocycles. The number of nitrogens with zero attached hydrogens (tertiary/aromatic N) is 3. The lowest BCUT2D eigenvalue weighted by molar-refractivity contribution is -0.136. The van der Waals surface area contributed by atoms with Crippen molar-refractivity contribution >= 4 is 29.7 Å². The molecule has 0 spiro atoms. The van der Waals surface area contributed by atoms with Gasteiger partial charge in [0.2, 0.25) is 5.76 Å². The summed E-state index contributed by atoms with van der Waals surface area (Å²) in [6.07, 6.45) is 2.63. The van der Waals surface area contributed by atoms with Crippen molar-refractivity contribution in [2.75, 3.05) is 5.32 Å². The Bertz CT molecular complexity index is 1500. The van der Waals surface area contributed by atoms with Crippen LogP contribution < -0.4 is 21.0 Å². The van der Waals surface area contributed by atoms with Gasteiger partial charge in [0.25, 0.3) is 5.56 Å². The van der Waals surface area contributed by atoms with Crippen molar-refractivity contribution < 1.29 is 23.5 Å². The number of benzene rings is 2. The molecule has 0 bridgehead atoms. The summed E-state index contributed by atoms with van der Waals surface area (Å²) in [6, 6.07) is 18.3. The smallest absolute Gasteiger partial charge is 0.379 e. The standard InChI is InChI=1S/C25H21N5O6/c1-16-21(24(33)30(29(16)2)18-9-4-3-5-10-18)27-22(31)23(32)28-26-15-17-8-6-11-19(14-17)36-25(34)20-12-7-13-35-20/h3-15H,1-2H3,(H,27,31)(H,28,32). The van der Waals surface area contributed by atoms with Crippen molar-refractivity contribution in [2.45, 2.75) is 6.92 Å². The molecule has 11 nitrogen and oxygen atoms in total. The Labute approximate surface area is 204 Å². The molecule has 2 amide bonds. The first-order valence-corrected chi connectivity index (χ1v) is 10.7. The van der Waals surface area contributed by atoms with Gasteiger partial charge in [-0.2, -0.15) is 5.10 Å². The molecule has 0 fully saturated rings. The van der Waals surface area contributed by atoms with Gasteiger partial charge in [-0.3, -0.25) is 19.1 Å². The summed E-state index contributed by atoms with van der Waals surface area (Å²) < 4.78 is 13.2. The van der Waals surface area contributed by atoms with Crippen LogP contribution in [0.25, 0.3) is 5.69 Å². The highest BCUT2D eigenvalue weighted by Gasteiger charge is 2.21. The van der Waals surface area contributed by atoms with E-state index in [9.17, 15) is 19.2 Å². The molecular weight excluding hydrogens is 466 g/mol. The average molecular weight is 487 g/mol. The summed E-state index contributed by atoms with van der Waals surface area (Å²) >= 11 is 0. The first-order chi connectivity index (χ1) is 17.3. The number of esters is 1. The molecule has 2 aromatic carbocycles. The van der Waals surface area contributed by atoms with Crippen molar-refractivity contribution in [1.82, 2.24) is 14.8 Å². The summed E-state index contributed by atoms with van der Waals surface area (Å²) in [5.74, 6) is -2.50. The van der Waals surface area contributed by atoms with E-state index in [1.165, 1.54) is 29.3 Å². The van der Waals surface area contributed by atoms with Crippen molar-refractivity contribution in [3.63, 3.8) is 0 Å². The number of nitrogens with one attached hydrogen (secondary N) is 2. The maximum atomic E-state index is 12.9. The van der Waals surface area contributed by atoms with Gasteiger partial charge in [0.1, 0.15) is 11.4 Å². The van der Waals surface area contributed by atoms with Crippen LogP contribution in [-0.4, -0.2) is 33.4 Å². The summed E-state index contributed by atoms with van der Waals surface area (Å²) in [5, 5.41) is 6.11. The fraction of sp³-hybridized carbons (Fsp3) is 0.0800. The molecule has 2 aromatic heterocycles. The van der Waals surface area contributed by atoms with Gasteiger partial charge in [0, 0.05) is 7.05 Å². The number of aromatic nitrogens is 2. The number of furan rings is 1. The van der Waals surface area contributed by atoms with E-state index in [0.29, 0.717) is 16.9 Å². The Hall–Kier alpha value is -5.19. The molecule has 36 heavy (non-hydrogen) atoms. The van der Waals surface area contributed by atoms with E-state index in [1.54, 1.807) is 67.2 Å². The Balaban J connectivity index is 1.39. The molecule has 0 aliphatic rings. The quantitative estimate of drug-likeness (QED) is 0.141. The third-order valence-corrected chi connectivity index (χ3v) is 5.17. The molecule has 11 heteroatoms. The van der Waals surface area contributed by atoms with Crippen molar-refractivity contribution in [2.24, 2.45) is 12.1 Å². The summed E-state index contributed by atoms with van der Waals surface area (Å²) in [7, 11) is 1.67. The minimum absolute atomic E-state index is 0.0171. The lowest BCUT2D eigenvalue weighted by Gasteiger charge is -2.07. The normalized spacial score (nSPS) is 10.8. The van der Waals surface area contributed by atoms with E-state index >= 15 is 0 Å². The van der Waals surface area contributed by atoms with E-state index in [4.69, 9.17) is 9.15 Å². The molecule has 182 valence electrons. The molecule has 2 N–H and O–H groups in total. The van der Waals surface area contributed by atoms with Gasteiger partial charge in [0.15, 0.2) is 0 Å². The topological polar surface area (TPSA) is 137 Å². The number of para-hydroxylation sites is 1. The first kappa shape index (κ1) is 24.0. The molecule has 0 radical (unpaired) electrons. The van der Waals surface area contributed by atoms with Crippen LogP contribution in [0.5, 0.6) is 5.75 Å². The molecular formula is C25H21N5O6. The number of hydrogen-bond acceptors (Lipinski definition) is 7. The van der Waals surface area contributed by atoms with Gasteiger partial charge < -0.3 is 14.5 Å². The second kappa shape index (κ2) is 10.4. The van der Waals surface area contributed by atoms with E-state index in [0.717, 1.165) is 0 Å². The van der Waals surface area contributed by atoms with Crippen molar-refractivity contribution in [3.8, 4) is 11.4 Å². The number of anilines is 1. The van der Waals surface area contributed by atoms with Crippen LogP contribution in [0.15, 0.2) is 87.3 Å². The van der Waals surface area contributed by atoms with Gasteiger partial charge in [0.05, 0.1) is 23.9 Å². The second-order valence-corrected chi connectivity index (χ2v) is 7.53. The highest BCUT2D eigenvalue weighted by atomic mass is 16.5. The van der Waals surface area contributed by atoms with Crippen LogP contribution in [0.3, 0.4) is 0 Å². The minimum atomic E-state index is -1.07. The largest absolute Gasteiger partial charge is 0.457 e. The first-order valence-electron chi connectivity index (χ1n) is 10.7. The zero-order valence-electron chi connectivity index (χ0n) is 19.3. The average Bonchev–Trinajstić information content (AvgIpc) is 3.49. The molecule has 4 rings (SSSR count). The molecule has 0 saturated heterocycles. The number of ether oxygens (including phenoxy) is 1. The summed E-state index contributed by atoms with van der Waals surface area (Å²) in [4.78, 5) is 49.5. The lowest BCUT2D eigenvalue weighted by Crippen LogP contribution is -2.34. The van der Waals surface area contributed by atoms with E-state index < -0.39 is 23.3 Å². The number of rotatable bonds is 6. The number of hydrazone groups is 1. The molecule has 4 aromatic rings. The molecule has 0 atom stereocenters. The Kier molecular flexibility index (Phi) is 6.91. The number of carbonyl (C=O) groups excluding carboxylic acids is 3.